The topological polar surface area (TPSA) is 8.17 Å². The summed E-state index contributed by atoms with van der Waals surface area (Å²) in [4.78, 5) is 2.36. The Labute approximate surface area is 350 Å². The van der Waals surface area contributed by atoms with Crippen molar-refractivity contribution in [1.82, 2.24) is 4.57 Å². The van der Waals surface area contributed by atoms with E-state index >= 15 is 0 Å². The van der Waals surface area contributed by atoms with Crippen LogP contribution in [-0.4, -0.2) is 4.57 Å². The molecule has 11 rings (SSSR count). The summed E-state index contributed by atoms with van der Waals surface area (Å²) in [5.74, 6) is 0. The average molecular weight is 765 g/mol. The molecule has 2 nitrogen and oxygen atoms in total. The molecule has 0 N–H and O–H groups in total. The quantitative estimate of drug-likeness (QED) is 0.150. The molecule has 0 spiro atoms. The molecule has 1 heterocycles. The highest BCUT2D eigenvalue weighted by atomic mass is 15.1. The fourth-order valence-electron chi connectivity index (χ4n) is 8.92. The summed E-state index contributed by atoms with van der Waals surface area (Å²) < 4.78 is 2.37. The van der Waals surface area contributed by atoms with Gasteiger partial charge in [-0.05, 0) is 116 Å². The van der Waals surface area contributed by atoms with E-state index in [0.717, 1.165) is 22.7 Å². The summed E-state index contributed by atoms with van der Waals surface area (Å²) in [7, 11) is 0. The van der Waals surface area contributed by atoms with Gasteiger partial charge in [0.1, 0.15) is 0 Å². The zero-order valence-electron chi connectivity index (χ0n) is 33.0. The van der Waals surface area contributed by atoms with Gasteiger partial charge >= 0.3 is 0 Å². The molecular formula is C58H40N2. The number of para-hydroxylation sites is 2. The van der Waals surface area contributed by atoms with Crippen LogP contribution in [0.5, 0.6) is 0 Å². The van der Waals surface area contributed by atoms with Crippen molar-refractivity contribution in [1.29, 1.82) is 0 Å². The number of rotatable bonds is 8. The lowest BCUT2D eigenvalue weighted by atomic mass is 9.91. The number of nitrogens with zero attached hydrogens (tertiary/aromatic N) is 2. The molecule has 0 bridgehead atoms. The van der Waals surface area contributed by atoms with E-state index in [9.17, 15) is 0 Å². The van der Waals surface area contributed by atoms with E-state index in [1.165, 1.54) is 77.1 Å². The molecule has 60 heavy (non-hydrogen) atoms. The van der Waals surface area contributed by atoms with Gasteiger partial charge < -0.3 is 9.47 Å². The summed E-state index contributed by atoms with van der Waals surface area (Å²) in [6.07, 6.45) is 0. The molecule has 0 amide bonds. The smallest absolute Gasteiger partial charge is 0.0541 e. The van der Waals surface area contributed by atoms with Crippen molar-refractivity contribution in [3.8, 4) is 50.2 Å². The van der Waals surface area contributed by atoms with Crippen LogP contribution in [0.15, 0.2) is 243 Å². The second kappa shape index (κ2) is 15.1. The lowest BCUT2D eigenvalue weighted by Gasteiger charge is -2.26. The van der Waals surface area contributed by atoms with Crippen LogP contribution in [0.3, 0.4) is 0 Å². The predicted octanol–water partition coefficient (Wildman–Crippen LogP) is 16.1. The van der Waals surface area contributed by atoms with Gasteiger partial charge in [-0.2, -0.15) is 0 Å². The molecule has 0 aliphatic rings. The van der Waals surface area contributed by atoms with Gasteiger partial charge in [0.2, 0.25) is 0 Å². The van der Waals surface area contributed by atoms with E-state index in [1.807, 2.05) is 0 Å². The lowest BCUT2D eigenvalue weighted by molar-refractivity contribution is 1.17. The molecule has 10 aromatic carbocycles. The highest BCUT2D eigenvalue weighted by Gasteiger charge is 2.17. The van der Waals surface area contributed by atoms with E-state index in [4.69, 9.17) is 0 Å². The van der Waals surface area contributed by atoms with E-state index in [2.05, 4.69) is 252 Å². The third-order valence-electron chi connectivity index (χ3n) is 11.8. The molecule has 0 radical (unpaired) electrons. The SMILES string of the molecule is c1ccc(-c2ccc(-c3ccc(N(c4ccc(-c5cccc6cccc(-c7ccccc7)c56)cc4)c4ccc(-n5c6ccccc6c6ccccc65)cc4)cc3)cc2)cc1. The number of anilines is 3. The average Bonchev–Trinajstić information content (AvgIpc) is 3.67. The van der Waals surface area contributed by atoms with Crippen LogP contribution < -0.4 is 4.90 Å². The monoisotopic (exact) mass is 764 g/mol. The van der Waals surface area contributed by atoms with Crippen LogP contribution in [0, 0.1) is 0 Å². The van der Waals surface area contributed by atoms with Crippen molar-refractivity contribution >= 4 is 49.6 Å². The number of aromatic nitrogens is 1. The van der Waals surface area contributed by atoms with E-state index in [0.29, 0.717) is 0 Å². The first-order chi connectivity index (χ1) is 29.8. The van der Waals surface area contributed by atoms with Crippen molar-refractivity contribution < 1.29 is 0 Å². The van der Waals surface area contributed by atoms with Gasteiger partial charge in [-0.25, -0.2) is 0 Å². The molecule has 0 saturated carbocycles. The maximum absolute atomic E-state index is 2.37. The zero-order valence-corrected chi connectivity index (χ0v) is 33.0. The van der Waals surface area contributed by atoms with Crippen LogP contribution in [0.1, 0.15) is 0 Å². The van der Waals surface area contributed by atoms with Crippen LogP contribution in [-0.2, 0) is 0 Å². The summed E-state index contributed by atoms with van der Waals surface area (Å²) in [6, 6.07) is 87.7. The van der Waals surface area contributed by atoms with Gasteiger partial charge in [-0.3, -0.25) is 0 Å². The lowest BCUT2D eigenvalue weighted by Crippen LogP contribution is -2.10. The Kier molecular flexibility index (Phi) is 8.87. The molecule has 0 unspecified atom stereocenters. The van der Waals surface area contributed by atoms with Crippen LogP contribution in [0.25, 0.3) is 82.8 Å². The minimum absolute atomic E-state index is 1.09. The standard InChI is InChI=1S/C58H40N2/c1-3-13-41(14-4-1)42-25-27-43(28-26-42)44-29-33-48(34-30-44)59(50-37-39-51(40-38-50)60-56-23-9-7-19-54(56)55-20-8-10-24-57(55)60)49-35-31-46(32-36-49)53-22-12-18-47-17-11-21-52(58(47)53)45-15-5-2-6-16-45/h1-40H. The van der Waals surface area contributed by atoms with E-state index in [1.54, 1.807) is 0 Å². The first kappa shape index (κ1) is 35.2. The molecule has 11 aromatic rings. The highest BCUT2D eigenvalue weighted by Crippen LogP contribution is 2.41. The fraction of sp³-hybridized carbons (Fsp3) is 0. The van der Waals surface area contributed by atoms with Gasteiger partial charge in [-0.15, -0.1) is 0 Å². The van der Waals surface area contributed by atoms with Crippen molar-refractivity contribution in [2.45, 2.75) is 0 Å². The molecule has 0 aliphatic heterocycles. The fourth-order valence-corrected chi connectivity index (χ4v) is 8.92. The highest BCUT2D eigenvalue weighted by molar-refractivity contribution is 6.09. The zero-order chi connectivity index (χ0) is 39.8. The first-order valence-corrected chi connectivity index (χ1v) is 20.6. The third kappa shape index (κ3) is 6.32. The Morgan fingerprint density at radius 3 is 1.13 bits per heavy atom. The number of hydrogen-bond donors (Lipinski definition) is 0. The van der Waals surface area contributed by atoms with Crippen LogP contribution in [0.4, 0.5) is 17.1 Å². The summed E-state index contributed by atoms with van der Waals surface area (Å²) in [5.41, 5.74) is 16.5. The molecular weight excluding hydrogens is 725 g/mol. The maximum atomic E-state index is 2.37. The Bertz CT molecular complexity index is 3200. The van der Waals surface area contributed by atoms with Gasteiger partial charge in [-0.1, -0.05) is 182 Å². The molecule has 2 heteroatoms. The van der Waals surface area contributed by atoms with Crippen LogP contribution >= 0.6 is 0 Å². The second-order valence-corrected chi connectivity index (χ2v) is 15.3. The number of hydrogen-bond acceptors (Lipinski definition) is 1. The number of fused-ring (bicyclic) bond motifs is 4. The van der Waals surface area contributed by atoms with Crippen molar-refractivity contribution in [2.24, 2.45) is 0 Å². The normalized spacial score (nSPS) is 11.3. The van der Waals surface area contributed by atoms with Crippen molar-refractivity contribution in [3.63, 3.8) is 0 Å². The largest absolute Gasteiger partial charge is 0.311 e. The Balaban J connectivity index is 0.992. The van der Waals surface area contributed by atoms with Gasteiger partial charge in [0.15, 0.2) is 0 Å². The van der Waals surface area contributed by atoms with Crippen LogP contribution in [0.2, 0.25) is 0 Å². The van der Waals surface area contributed by atoms with Gasteiger partial charge in [0.25, 0.3) is 0 Å². The molecule has 0 atom stereocenters. The maximum Gasteiger partial charge on any atom is 0.0541 e. The van der Waals surface area contributed by atoms with Gasteiger partial charge in [0.05, 0.1) is 11.0 Å². The summed E-state index contributed by atoms with van der Waals surface area (Å²) >= 11 is 0. The molecule has 282 valence electrons. The summed E-state index contributed by atoms with van der Waals surface area (Å²) in [6.45, 7) is 0. The molecule has 1 aromatic heterocycles. The van der Waals surface area contributed by atoms with Gasteiger partial charge in [0, 0.05) is 33.5 Å². The Hall–Kier alpha value is -7.94. The second-order valence-electron chi connectivity index (χ2n) is 15.3. The van der Waals surface area contributed by atoms with E-state index in [-0.39, 0.29) is 0 Å². The molecule has 0 fully saturated rings. The molecule has 0 saturated heterocycles. The first-order valence-electron chi connectivity index (χ1n) is 20.6. The summed E-state index contributed by atoms with van der Waals surface area (Å²) in [5, 5.41) is 5.02. The predicted molar refractivity (Wildman–Crippen MR) is 255 cm³/mol. The minimum atomic E-state index is 1.09. The minimum Gasteiger partial charge on any atom is -0.311 e. The van der Waals surface area contributed by atoms with Crippen molar-refractivity contribution in [2.75, 3.05) is 4.90 Å². The molecule has 0 aliphatic carbocycles. The third-order valence-corrected chi connectivity index (χ3v) is 11.8. The van der Waals surface area contributed by atoms with Crippen molar-refractivity contribution in [3.05, 3.63) is 243 Å². The Morgan fingerprint density at radius 2 is 0.633 bits per heavy atom. The number of benzene rings is 10. The Morgan fingerprint density at radius 1 is 0.267 bits per heavy atom. The van der Waals surface area contributed by atoms with E-state index < -0.39 is 0 Å².